The second-order valence-corrected chi connectivity index (χ2v) is 6.22. The number of hydrogen-bond donors (Lipinski definition) is 0. The summed E-state index contributed by atoms with van der Waals surface area (Å²) in [6, 6.07) is 33.9. The molecule has 4 rings (SSSR count). The first-order valence-electron chi connectivity index (χ1n) is 8.85. The van der Waals surface area contributed by atoms with Crippen molar-refractivity contribution in [1.29, 1.82) is 0 Å². The lowest BCUT2D eigenvalue weighted by Crippen LogP contribution is -1.98. The second-order valence-electron chi connectivity index (χ2n) is 6.22. The van der Waals surface area contributed by atoms with E-state index in [-0.39, 0.29) is 0 Å². The monoisotopic (exact) mass is 351 g/mol. The van der Waals surface area contributed by atoms with Gasteiger partial charge >= 0.3 is 0 Å². The molecule has 0 saturated heterocycles. The smallest absolute Gasteiger partial charge is 0.212 e. The minimum Gasteiger partial charge on any atom is -0.228 e. The van der Waals surface area contributed by atoms with Gasteiger partial charge < -0.3 is 0 Å². The normalized spacial score (nSPS) is 10.4. The lowest BCUT2D eigenvalue weighted by Gasteiger charge is -2.17. The average molecular weight is 351 g/mol. The number of rotatable bonds is 4. The van der Waals surface area contributed by atoms with Crippen LogP contribution in [0.4, 0.5) is 4.39 Å². The molecule has 1 heterocycles. The van der Waals surface area contributed by atoms with Gasteiger partial charge in [-0.3, -0.25) is 0 Å². The van der Waals surface area contributed by atoms with E-state index >= 15 is 0 Å². The lowest BCUT2D eigenvalue weighted by atomic mass is 9.86. The van der Waals surface area contributed by atoms with Gasteiger partial charge in [-0.2, -0.15) is 4.39 Å². The Kier molecular flexibility index (Phi) is 4.88. The van der Waals surface area contributed by atoms with Crippen molar-refractivity contribution in [3.05, 3.63) is 138 Å². The maximum Gasteiger partial charge on any atom is 0.212 e. The van der Waals surface area contributed by atoms with E-state index in [1.807, 2.05) is 54.6 Å². The van der Waals surface area contributed by atoms with E-state index < -0.39 is 5.95 Å². The maximum absolute atomic E-state index is 13.5. The number of hydrogen-bond acceptors (Lipinski definition) is 1. The second kappa shape index (κ2) is 7.79. The van der Waals surface area contributed by atoms with Crippen LogP contribution in [-0.2, 0) is 0 Å². The van der Waals surface area contributed by atoms with E-state index in [0.29, 0.717) is 0 Å². The molecule has 1 aromatic heterocycles. The third-order valence-electron chi connectivity index (χ3n) is 4.45. The van der Waals surface area contributed by atoms with E-state index in [2.05, 4.69) is 41.4 Å². The van der Waals surface area contributed by atoms with Crippen LogP contribution in [0.5, 0.6) is 0 Å². The minimum absolute atomic E-state index is 0.480. The molecule has 1 nitrogen and oxygen atoms in total. The molecule has 0 atom stereocenters. The van der Waals surface area contributed by atoms with Crippen LogP contribution in [-0.4, -0.2) is 4.98 Å². The fourth-order valence-corrected chi connectivity index (χ4v) is 3.25. The van der Waals surface area contributed by atoms with Gasteiger partial charge in [0, 0.05) is 11.8 Å². The summed E-state index contributed by atoms with van der Waals surface area (Å²) in [6.07, 6.45) is 1.60. The predicted molar refractivity (Wildman–Crippen MR) is 109 cm³/mol. The summed E-state index contributed by atoms with van der Waals surface area (Å²) < 4.78 is 13.5. The Morgan fingerprint density at radius 1 is 0.481 bits per heavy atom. The molecular weight excluding hydrogens is 333 g/mol. The predicted octanol–water partition coefficient (Wildman–Crippen LogP) is 6.23. The molecule has 4 aromatic rings. The van der Waals surface area contributed by atoms with Crippen LogP contribution in [0.25, 0.3) is 11.1 Å². The Balaban J connectivity index is 2.08. The molecule has 0 fully saturated rings. The average Bonchev–Trinajstić information content (AvgIpc) is 2.75. The van der Waals surface area contributed by atoms with Gasteiger partial charge in [0.1, 0.15) is 0 Å². The minimum atomic E-state index is -0.480. The van der Waals surface area contributed by atoms with Crippen molar-refractivity contribution in [1.82, 2.24) is 4.98 Å². The first-order valence-corrected chi connectivity index (χ1v) is 8.85. The first kappa shape index (κ1) is 16.9. The van der Waals surface area contributed by atoms with Gasteiger partial charge in [0.05, 0.1) is 0 Å². The molecule has 0 aliphatic carbocycles. The number of aromatic nitrogens is 1. The molecule has 130 valence electrons. The summed E-state index contributed by atoms with van der Waals surface area (Å²) in [6.45, 7) is 0. The van der Waals surface area contributed by atoms with Gasteiger partial charge in [-0.15, -0.1) is 0 Å². The van der Waals surface area contributed by atoms with Gasteiger partial charge in [-0.25, -0.2) is 4.98 Å². The Hall–Kier alpha value is -3.52. The van der Waals surface area contributed by atoms with E-state index in [9.17, 15) is 4.39 Å². The van der Waals surface area contributed by atoms with Gasteiger partial charge in [0.2, 0.25) is 5.95 Å². The standard InChI is InChI=1S/C25H18FN/c26-23-17-16-22(18-27-23)25(21-14-8-3-9-15-21)24(19-10-4-1-5-11-19)20-12-6-2-7-13-20/h1-18H. The topological polar surface area (TPSA) is 12.9 Å². The van der Waals surface area contributed by atoms with Crippen molar-refractivity contribution in [2.24, 2.45) is 0 Å². The van der Waals surface area contributed by atoms with Crippen LogP contribution in [0.3, 0.4) is 0 Å². The summed E-state index contributed by atoms with van der Waals surface area (Å²) >= 11 is 0. The highest BCUT2D eigenvalue weighted by Crippen LogP contribution is 2.36. The van der Waals surface area contributed by atoms with E-state index in [0.717, 1.165) is 33.4 Å². The van der Waals surface area contributed by atoms with E-state index in [1.54, 1.807) is 12.3 Å². The summed E-state index contributed by atoms with van der Waals surface area (Å²) in [5, 5.41) is 0. The van der Waals surface area contributed by atoms with Crippen LogP contribution in [0.15, 0.2) is 109 Å². The number of pyridine rings is 1. The fourth-order valence-electron chi connectivity index (χ4n) is 3.25. The molecule has 0 aliphatic rings. The molecule has 0 N–H and O–H groups in total. The molecule has 0 radical (unpaired) electrons. The SMILES string of the molecule is Fc1ccc(C(=C(c2ccccc2)c2ccccc2)c2ccccc2)cn1. The molecule has 2 heteroatoms. The van der Waals surface area contributed by atoms with Gasteiger partial charge in [-0.1, -0.05) is 91.0 Å². The highest BCUT2D eigenvalue weighted by Gasteiger charge is 2.16. The summed E-state index contributed by atoms with van der Waals surface area (Å²) in [7, 11) is 0. The Bertz CT molecular complexity index is 996. The summed E-state index contributed by atoms with van der Waals surface area (Å²) in [5.74, 6) is -0.480. The van der Waals surface area contributed by atoms with Gasteiger partial charge in [0.25, 0.3) is 0 Å². The number of nitrogens with zero attached hydrogens (tertiary/aromatic N) is 1. The Labute approximate surface area is 158 Å². The van der Waals surface area contributed by atoms with E-state index in [4.69, 9.17) is 0 Å². The first-order chi connectivity index (χ1) is 13.3. The van der Waals surface area contributed by atoms with Crippen molar-refractivity contribution in [2.45, 2.75) is 0 Å². The zero-order valence-corrected chi connectivity index (χ0v) is 14.7. The quantitative estimate of drug-likeness (QED) is 0.314. The molecule has 0 unspecified atom stereocenters. The zero-order chi connectivity index (χ0) is 18.5. The Morgan fingerprint density at radius 2 is 0.889 bits per heavy atom. The summed E-state index contributed by atoms with van der Waals surface area (Å²) in [5.41, 5.74) is 6.27. The van der Waals surface area contributed by atoms with Crippen molar-refractivity contribution in [2.75, 3.05) is 0 Å². The van der Waals surface area contributed by atoms with Crippen LogP contribution in [0, 0.1) is 5.95 Å². The third-order valence-corrected chi connectivity index (χ3v) is 4.45. The summed E-state index contributed by atoms with van der Waals surface area (Å²) in [4.78, 5) is 3.89. The molecule has 3 aromatic carbocycles. The Morgan fingerprint density at radius 3 is 1.26 bits per heavy atom. The molecule has 0 spiro atoms. The largest absolute Gasteiger partial charge is 0.228 e. The van der Waals surface area contributed by atoms with Crippen LogP contribution >= 0.6 is 0 Å². The van der Waals surface area contributed by atoms with Crippen molar-refractivity contribution in [3.63, 3.8) is 0 Å². The van der Waals surface area contributed by atoms with Gasteiger partial charge in [0.15, 0.2) is 0 Å². The van der Waals surface area contributed by atoms with Crippen molar-refractivity contribution < 1.29 is 4.39 Å². The molecule has 27 heavy (non-hydrogen) atoms. The van der Waals surface area contributed by atoms with Crippen molar-refractivity contribution in [3.8, 4) is 0 Å². The maximum atomic E-state index is 13.5. The molecule has 0 amide bonds. The van der Waals surface area contributed by atoms with Crippen LogP contribution < -0.4 is 0 Å². The number of halogens is 1. The lowest BCUT2D eigenvalue weighted by molar-refractivity contribution is 0.583. The molecule has 0 bridgehead atoms. The highest BCUT2D eigenvalue weighted by molar-refractivity contribution is 6.04. The molecule has 0 saturated carbocycles. The van der Waals surface area contributed by atoms with Crippen molar-refractivity contribution >= 4 is 11.1 Å². The number of benzene rings is 3. The third kappa shape index (κ3) is 3.70. The molecular formula is C25H18FN. The fraction of sp³-hybridized carbons (Fsp3) is 0. The highest BCUT2D eigenvalue weighted by atomic mass is 19.1. The zero-order valence-electron chi connectivity index (χ0n) is 14.7. The molecule has 0 aliphatic heterocycles. The van der Waals surface area contributed by atoms with Crippen LogP contribution in [0.1, 0.15) is 22.3 Å². The van der Waals surface area contributed by atoms with Crippen LogP contribution in [0.2, 0.25) is 0 Å². The van der Waals surface area contributed by atoms with Gasteiger partial charge in [-0.05, 0) is 40.0 Å². The van der Waals surface area contributed by atoms with E-state index in [1.165, 1.54) is 6.07 Å².